The molecule has 0 bridgehead atoms. The SMILES string of the molecule is CCC(=O)N1CCc2cc(S(=O)(=O)NC(CC(C)C)C(=O)Nc3cc(C)cc(C)c3)ccc21. The molecule has 0 aromatic heterocycles. The fourth-order valence-corrected chi connectivity index (χ4v) is 5.47. The maximum Gasteiger partial charge on any atom is 0.242 e. The van der Waals surface area contributed by atoms with Crippen LogP contribution in [-0.4, -0.2) is 32.8 Å². The zero-order valence-corrected chi connectivity index (χ0v) is 20.8. The quantitative estimate of drug-likeness (QED) is 0.610. The molecule has 2 aromatic carbocycles. The normalized spacial score (nSPS) is 14.3. The highest BCUT2D eigenvalue weighted by Gasteiger charge is 2.29. The topological polar surface area (TPSA) is 95.6 Å². The zero-order valence-electron chi connectivity index (χ0n) is 19.9. The van der Waals surface area contributed by atoms with Crippen LogP contribution in [0.15, 0.2) is 41.3 Å². The molecule has 178 valence electrons. The van der Waals surface area contributed by atoms with E-state index in [9.17, 15) is 18.0 Å². The number of anilines is 2. The van der Waals surface area contributed by atoms with Crippen molar-refractivity contribution in [2.24, 2.45) is 5.92 Å². The minimum absolute atomic E-state index is 0.0162. The van der Waals surface area contributed by atoms with E-state index in [0.717, 1.165) is 22.4 Å². The number of amides is 2. The second kappa shape index (κ2) is 10.1. The van der Waals surface area contributed by atoms with E-state index in [2.05, 4.69) is 10.0 Å². The Labute approximate surface area is 196 Å². The van der Waals surface area contributed by atoms with Crippen LogP contribution in [0.25, 0.3) is 0 Å². The Kier molecular flexibility index (Phi) is 7.59. The van der Waals surface area contributed by atoms with Gasteiger partial charge in [-0.1, -0.05) is 26.8 Å². The van der Waals surface area contributed by atoms with E-state index in [1.807, 2.05) is 45.9 Å². The maximum atomic E-state index is 13.2. The molecule has 1 aliphatic rings. The third-order valence-corrected chi connectivity index (χ3v) is 7.14. The Balaban J connectivity index is 1.82. The first-order valence-corrected chi connectivity index (χ1v) is 12.8. The van der Waals surface area contributed by atoms with E-state index in [4.69, 9.17) is 0 Å². The van der Waals surface area contributed by atoms with Gasteiger partial charge in [0.2, 0.25) is 21.8 Å². The molecular weight excluding hydrogens is 438 g/mol. The van der Waals surface area contributed by atoms with Crippen LogP contribution < -0.4 is 14.9 Å². The minimum atomic E-state index is -3.94. The molecule has 1 unspecified atom stereocenters. The number of carbonyl (C=O) groups is 2. The summed E-state index contributed by atoms with van der Waals surface area (Å²) in [6.45, 7) is 10.1. The van der Waals surface area contributed by atoms with Gasteiger partial charge in [0.15, 0.2) is 0 Å². The summed E-state index contributed by atoms with van der Waals surface area (Å²) in [5.41, 5.74) is 4.25. The summed E-state index contributed by atoms with van der Waals surface area (Å²) in [5.74, 6) is -0.267. The van der Waals surface area contributed by atoms with Crippen LogP contribution in [0.3, 0.4) is 0 Å². The molecule has 0 saturated heterocycles. The fraction of sp³-hybridized carbons (Fsp3) is 0.440. The molecule has 3 rings (SSSR count). The van der Waals surface area contributed by atoms with E-state index < -0.39 is 22.0 Å². The Bertz CT molecular complexity index is 1140. The summed E-state index contributed by atoms with van der Waals surface area (Å²) in [5, 5.41) is 2.86. The fourth-order valence-electron chi connectivity index (χ4n) is 4.21. The molecule has 1 aliphatic heterocycles. The lowest BCUT2D eigenvalue weighted by Gasteiger charge is -2.21. The largest absolute Gasteiger partial charge is 0.325 e. The molecule has 2 amide bonds. The first kappa shape index (κ1) is 24.9. The molecule has 0 spiro atoms. The molecule has 7 nitrogen and oxygen atoms in total. The molecule has 0 fully saturated rings. The van der Waals surface area contributed by atoms with Gasteiger partial charge < -0.3 is 10.2 Å². The number of hydrogen-bond acceptors (Lipinski definition) is 4. The van der Waals surface area contributed by atoms with Crippen LogP contribution in [0, 0.1) is 19.8 Å². The standard InChI is InChI=1S/C25H33N3O4S/c1-6-24(29)28-10-9-19-15-21(7-8-23(19)28)33(31,32)27-22(11-16(2)3)25(30)26-20-13-17(4)12-18(5)14-20/h7-8,12-16,22,27H,6,9-11H2,1-5H3,(H,26,30). The van der Waals surface area contributed by atoms with E-state index in [-0.39, 0.29) is 16.7 Å². The van der Waals surface area contributed by atoms with Crippen LogP contribution in [0.1, 0.15) is 50.3 Å². The number of nitrogens with zero attached hydrogens (tertiary/aromatic N) is 1. The summed E-state index contributed by atoms with van der Waals surface area (Å²) in [6.07, 6.45) is 1.36. The number of rotatable bonds is 8. The summed E-state index contributed by atoms with van der Waals surface area (Å²) < 4.78 is 29.0. The third kappa shape index (κ3) is 6.00. The van der Waals surface area contributed by atoms with E-state index >= 15 is 0 Å². The van der Waals surface area contributed by atoms with Gasteiger partial charge in [0.25, 0.3) is 0 Å². The summed E-state index contributed by atoms with van der Waals surface area (Å²) in [6, 6.07) is 9.59. The lowest BCUT2D eigenvalue weighted by molar-refractivity contribution is -0.118. The summed E-state index contributed by atoms with van der Waals surface area (Å²) in [4.78, 5) is 27.0. The van der Waals surface area contributed by atoms with E-state index in [1.165, 1.54) is 6.07 Å². The zero-order chi connectivity index (χ0) is 24.3. The Morgan fingerprint density at radius 3 is 2.33 bits per heavy atom. The van der Waals surface area contributed by atoms with Crippen molar-refractivity contribution in [3.8, 4) is 0 Å². The molecular formula is C25H33N3O4S. The van der Waals surface area contributed by atoms with Gasteiger partial charge in [-0.15, -0.1) is 0 Å². The first-order valence-electron chi connectivity index (χ1n) is 11.3. The van der Waals surface area contributed by atoms with Crippen molar-refractivity contribution >= 4 is 33.2 Å². The van der Waals surface area contributed by atoms with Crippen LogP contribution >= 0.6 is 0 Å². The van der Waals surface area contributed by atoms with Crippen molar-refractivity contribution < 1.29 is 18.0 Å². The van der Waals surface area contributed by atoms with Crippen LogP contribution in [0.5, 0.6) is 0 Å². The molecule has 0 aliphatic carbocycles. The van der Waals surface area contributed by atoms with Crippen molar-refractivity contribution in [3.05, 3.63) is 53.1 Å². The summed E-state index contributed by atoms with van der Waals surface area (Å²) in [7, 11) is -3.94. The molecule has 1 heterocycles. The van der Waals surface area contributed by atoms with Crippen molar-refractivity contribution in [2.75, 3.05) is 16.8 Å². The summed E-state index contributed by atoms with van der Waals surface area (Å²) >= 11 is 0. The molecule has 33 heavy (non-hydrogen) atoms. The molecule has 2 aromatic rings. The molecule has 1 atom stereocenters. The number of carbonyl (C=O) groups excluding carboxylic acids is 2. The Hall–Kier alpha value is -2.71. The molecule has 0 saturated carbocycles. The van der Waals surface area contributed by atoms with Gasteiger partial charge in [-0.05, 0) is 79.6 Å². The monoisotopic (exact) mass is 471 g/mol. The van der Waals surface area contributed by atoms with Gasteiger partial charge in [0.05, 0.1) is 4.90 Å². The first-order chi connectivity index (χ1) is 15.5. The lowest BCUT2D eigenvalue weighted by atomic mass is 10.0. The van der Waals surface area contributed by atoms with Gasteiger partial charge in [0.1, 0.15) is 6.04 Å². The number of hydrogen-bond donors (Lipinski definition) is 2. The van der Waals surface area contributed by atoms with E-state index in [1.54, 1.807) is 24.0 Å². The second-order valence-corrected chi connectivity index (χ2v) is 10.8. The number of nitrogens with one attached hydrogen (secondary N) is 2. The molecule has 2 N–H and O–H groups in total. The highest BCUT2D eigenvalue weighted by molar-refractivity contribution is 7.89. The molecule has 0 radical (unpaired) electrons. The molecule has 8 heteroatoms. The van der Waals surface area contributed by atoms with Gasteiger partial charge in [-0.2, -0.15) is 4.72 Å². The minimum Gasteiger partial charge on any atom is -0.325 e. The highest BCUT2D eigenvalue weighted by Crippen LogP contribution is 2.31. The highest BCUT2D eigenvalue weighted by atomic mass is 32.2. The smallest absolute Gasteiger partial charge is 0.242 e. The van der Waals surface area contributed by atoms with Crippen molar-refractivity contribution in [1.82, 2.24) is 4.72 Å². The van der Waals surface area contributed by atoms with Crippen molar-refractivity contribution in [3.63, 3.8) is 0 Å². The Morgan fingerprint density at radius 2 is 1.73 bits per heavy atom. The van der Waals surface area contributed by atoms with Crippen molar-refractivity contribution in [1.29, 1.82) is 0 Å². The lowest BCUT2D eigenvalue weighted by Crippen LogP contribution is -2.44. The maximum absolute atomic E-state index is 13.2. The second-order valence-electron chi connectivity index (χ2n) is 9.11. The van der Waals surface area contributed by atoms with E-state index in [0.29, 0.717) is 31.5 Å². The van der Waals surface area contributed by atoms with Crippen LogP contribution in [-0.2, 0) is 26.0 Å². The van der Waals surface area contributed by atoms with Crippen molar-refractivity contribution in [2.45, 2.75) is 64.8 Å². The van der Waals surface area contributed by atoms with Gasteiger partial charge >= 0.3 is 0 Å². The average molecular weight is 472 g/mol. The van der Waals surface area contributed by atoms with Gasteiger partial charge in [-0.3, -0.25) is 9.59 Å². The predicted octanol–water partition coefficient (Wildman–Crippen LogP) is 3.93. The van der Waals surface area contributed by atoms with Crippen LogP contribution in [0.4, 0.5) is 11.4 Å². The van der Waals surface area contributed by atoms with Gasteiger partial charge in [-0.25, -0.2) is 8.42 Å². The third-order valence-electron chi connectivity index (χ3n) is 5.67. The van der Waals surface area contributed by atoms with Gasteiger partial charge in [0, 0.05) is 24.3 Å². The Morgan fingerprint density at radius 1 is 1.06 bits per heavy atom. The number of aryl methyl sites for hydroxylation is 2. The van der Waals surface area contributed by atoms with Crippen LogP contribution in [0.2, 0.25) is 0 Å². The predicted molar refractivity (Wildman–Crippen MR) is 131 cm³/mol. The number of sulfonamides is 1. The average Bonchev–Trinajstić information content (AvgIpc) is 3.14. The number of fused-ring (bicyclic) bond motifs is 1. The number of benzene rings is 2.